The number of aliphatic hydroxyl groups is 2. The van der Waals surface area contributed by atoms with Crippen LogP contribution in [0.5, 0.6) is 0 Å². The van der Waals surface area contributed by atoms with Gasteiger partial charge in [0.2, 0.25) is 11.8 Å². The van der Waals surface area contributed by atoms with E-state index in [1.807, 2.05) is 13.1 Å². The summed E-state index contributed by atoms with van der Waals surface area (Å²) in [6.07, 6.45) is 7.99. The van der Waals surface area contributed by atoms with E-state index in [1.54, 1.807) is 13.8 Å². The van der Waals surface area contributed by atoms with Crippen LogP contribution < -0.4 is 10.6 Å². The highest BCUT2D eigenvalue weighted by atomic mass is 31.2. The molecule has 0 aromatic carbocycles. The third-order valence-corrected chi connectivity index (χ3v) is 16.9. The zero-order valence-electron chi connectivity index (χ0n) is 37.2. The average molecular weight is 852 g/mol. The van der Waals surface area contributed by atoms with Crippen molar-refractivity contribution in [1.82, 2.24) is 15.5 Å². The first-order chi connectivity index (χ1) is 26.4. The number of Topliss-reactive ketones (excluding diaryl/α,β-unsaturated/α-hetero) is 1. The highest BCUT2D eigenvalue weighted by Gasteiger charge is 2.44. The molecule has 1 unspecified atom stereocenters. The number of nitrogens with one attached hydrogen (secondary N) is 2. The van der Waals surface area contributed by atoms with Crippen LogP contribution in [-0.2, 0) is 46.7 Å². The molecular weight excluding hydrogens is 774 g/mol. The molecule has 334 valence electrons. The van der Waals surface area contributed by atoms with Gasteiger partial charge in [-0.25, -0.2) is 0 Å². The first-order valence-electron chi connectivity index (χ1n) is 20.8. The van der Waals surface area contributed by atoms with E-state index in [0.29, 0.717) is 12.3 Å². The van der Waals surface area contributed by atoms with E-state index >= 15 is 0 Å². The number of carbonyl (C=O) groups excluding carboxylic acids is 5. The van der Waals surface area contributed by atoms with Crippen molar-refractivity contribution in [3.63, 3.8) is 0 Å². The molecule has 0 aromatic heterocycles. The highest BCUT2D eigenvalue weighted by molar-refractivity contribution is 7.54. The fourth-order valence-electron chi connectivity index (χ4n) is 5.67. The van der Waals surface area contributed by atoms with Crippen LogP contribution in [0.4, 0.5) is 0 Å². The van der Waals surface area contributed by atoms with Crippen molar-refractivity contribution < 1.29 is 57.0 Å². The average Bonchev–Trinajstić information content (AvgIpc) is 3.11. The van der Waals surface area contributed by atoms with Crippen molar-refractivity contribution in [3.8, 4) is 0 Å². The van der Waals surface area contributed by atoms with E-state index in [1.165, 1.54) is 39.7 Å². The normalized spacial score (nSPS) is 15.0. The van der Waals surface area contributed by atoms with Crippen molar-refractivity contribution in [2.45, 2.75) is 162 Å². The summed E-state index contributed by atoms with van der Waals surface area (Å²) in [5.41, 5.74) is -2.59. The monoisotopic (exact) mass is 852 g/mol. The number of nitrogens with zero attached hydrogens (tertiary/aromatic N) is 1. The van der Waals surface area contributed by atoms with Crippen molar-refractivity contribution >= 4 is 45.4 Å². The lowest BCUT2D eigenvalue weighted by molar-refractivity contribution is -0.162. The topological polar surface area (TPSA) is 207 Å². The summed E-state index contributed by atoms with van der Waals surface area (Å²) in [5.74, 6) is -4.64. The molecule has 0 heterocycles. The van der Waals surface area contributed by atoms with Gasteiger partial charge >= 0.3 is 13.6 Å². The first-order valence-corrected chi connectivity index (χ1v) is 25.4. The van der Waals surface area contributed by atoms with Gasteiger partial charge in [-0.05, 0) is 57.7 Å². The van der Waals surface area contributed by atoms with Crippen molar-refractivity contribution in [1.29, 1.82) is 0 Å². The summed E-state index contributed by atoms with van der Waals surface area (Å²) in [6.45, 7) is 19.1. The van der Waals surface area contributed by atoms with E-state index in [4.69, 9.17) is 18.2 Å². The smallest absolute Gasteiger partial charge is 0.340 e. The third-order valence-electron chi connectivity index (χ3n) is 10.4. The van der Waals surface area contributed by atoms with Crippen LogP contribution in [0.1, 0.15) is 127 Å². The Hall–Kier alpha value is -2.20. The minimum atomic E-state index is -3.72. The molecule has 0 bridgehead atoms. The molecule has 0 aliphatic heterocycles. The molecule has 0 spiro atoms. The zero-order valence-corrected chi connectivity index (χ0v) is 39.1. The molecule has 15 nitrogen and oxygen atoms in total. The van der Waals surface area contributed by atoms with Crippen molar-refractivity contribution in [3.05, 3.63) is 0 Å². The molecule has 4 N–H and O–H groups in total. The Labute approximate surface area is 344 Å². The Kier molecular flexibility index (Phi) is 25.8. The molecule has 57 heavy (non-hydrogen) atoms. The van der Waals surface area contributed by atoms with Gasteiger partial charge in [0, 0.05) is 7.05 Å². The SMILES string of the molecule is CCOP(=O)(CC(=O)N(C)CC(=O)O[C@H](CCCCCCCCCCC(C)C)[C@@H](C)C(=O)C(C)(O)C(=O)NCC(=O)N[C@H](CO)CO[Si](C)(C)C(C)(C)C)OCC. The van der Waals surface area contributed by atoms with E-state index < -0.39 is 94.9 Å². The number of likely N-dealkylation sites (N-methyl/N-ethyl adjacent to an activating group) is 1. The lowest BCUT2D eigenvalue weighted by Crippen LogP contribution is -2.56. The Morgan fingerprint density at radius 2 is 1.35 bits per heavy atom. The Bertz CT molecular complexity index is 1280. The number of hydrogen-bond donors (Lipinski definition) is 4. The van der Waals surface area contributed by atoms with Crippen LogP contribution in [0.3, 0.4) is 0 Å². The van der Waals surface area contributed by atoms with Crippen LogP contribution in [0.15, 0.2) is 0 Å². The lowest BCUT2D eigenvalue weighted by atomic mass is 9.85. The van der Waals surface area contributed by atoms with Gasteiger partial charge in [0.05, 0.1) is 44.9 Å². The lowest BCUT2D eigenvalue weighted by Gasteiger charge is -2.37. The van der Waals surface area contributed by atoms with Gasteiger partial charge in [0.1, 0.15) is 18.8 Å². The van der Waals surface area contributed by atoms with Gasteiger partial charge in [-0.15, -0.1) is 0 Å². The summed E-state index contributed by atoms with van der Waals surface area (Å²) in [7, 11) is -4.55. The van der Waals surface area contributed by atoms with E-state index in [9.17, 15) is 38.8 Å². The molecule has 0 aliphatic carbocycles. The van der Waals surface area contributed by atoms with Crippen LogP contribution in [0.25, 0.3) is 0 Å². The molecule has 4 atom stereocenters. The predicted octanol–water partition coefficient (Wildman–Crippen LogP) is 5.75. The van der Waals surface area contributed by atoms with Gasteiger partial charge in [-0.2, -0.15) is 0 Å². The second-order valence-corrected chi connectivity index (χ2v) is 24.0. The first kappa shape index (κ1) is 54.8. The number of rotatable bonds is 31. The fraction of sp³-hybridized carbons (Fsp3) is 0.875. The van der Waals surface area contributed by atoms with Gasteiger partial charge < -0.3 is 44.0 Å². The quantitative estimate of drug-likeness (QED) is 0.0216. The summed E-state index contributed by atoms with van der Waals surface area (Å²) in [4.78, 5) is 66.6. The maximum Gasteiger partial charge on any atom is 0.340 e. The zero-order chi connectivity index (χ0) is 44.0. The molecular formula is C40H78N3O12PSi. The van der Waals surface area contributed by atoms with Gasteiger partial charge in [0.15, 0.2) is 19.7 Å². The molecule has 0 radical (unpaired) electrons. The largest absolute Gasteiger partial charge is 0.460 e. The fourth-order valence-corrected chi connectivity index (χ4v) is 8.33. The summed E-state index contributed by atoms with van der Waals surface area (Å²) in [5, 5.41) is 25.8. The van der Waals surface area contributed by atoms with Gasteiger partial charge in [0.25, 0.3) is 5.91 Å². The van der Waals surface area contributed by atoms with E-state index in [-0.39, 0.29) is 31.3 Å². The van der Waals surface area contributed by atoms with Gasteiger partial charge in [-0.1, -0.05) is 92.9 Å². The number of amides is 3. The molecule has 0 rings (SSSR count). The number of ketones is 1. The van der Waals surface area contributed by atoms with Crippen LogP contribution in [-0.4, -0.2) is 123 Å². The van der Waals surface area contributed by atoms with Crippen LogP contribution in [0, 0.1) is 11.8 Å². The Morgan fingerprint density at radius 3 is 1.82 bits per heavy atom. The maximum absolute atomic E-state index is 13.7. The number of carbonyl (C=O) groups is 5. The number of hydrogen-bond acceptors (Lipinski definition) is 12. The summed E-state index contributed by atoms with van der Waals surface area (Å²) in [6, 6.07) is -0.732. The third kappa shape index (κ3) is 21.6. The van der Waals surface area contributed by atoms with Crippen molar-refractivity contribution in [2.24, 2.45) is 11.8 Å². The molecule has 3 amide bonds. The second-order valence-electron chi connectivity index (χ2n) is 17.1. The minimum Gasteiger partial charge on any atom is -0.460 e. The Balaban J connectivity index is 5.63. The minimum absolute atomic E-state index is 0.0639. The molecule has 0 saturated carbocycles. The predicted molar refractivity (Wildman–Crippen MR) is 224 cm³/mol. The molecule has 17 heteroatoms. The second kappa shape index (κ2) is 26.8. The number of ether oxygens (including phenoxy) is 1. The number of unbranched alkanes of at least 4 members (excludes halogenated alkanes) is 7. The van der Waals surface area contributed by atoms with E-state index in [0.717, 1.165) is 37.5 Å². The Morgan fingerprint density at radius 1 is 0.842 bits per heavy atom. The highest BCUT2D eigenvalue weighted by Crippen LogP contribution is 2.48. The van der Waals surface area contributed by atoms with Crippen LogP contribution in [0.2, 0.25) is 18.1 Å². The number of esters is 1. The number of aliphatic hydroxyl groups excluding tert-OH is 1. The van der Waals surface area contributed by atoms with Crippen LogP contribution >= 0.6 is 7.60 Å². The molecule has 0 aliphatic rings. The van der Waals surface area contributed by atoms with Crippen molar-refractivity contribution in [2.75, 3.05) is 52.7 Å². The van der Waals surface area contributed by atoms with Gasteiger partial charge in [-0.3, -0.25) is 28.5 Å². The molecule has 0 aromatic rings. The standard InChI is InChI=1S/C40H78N3O12PSi/c1-13-52-56(51,53-14-2)29-35(46)43(10)26-36(47)55-33(24-22-20-18-16-15-17-19-21-23-30(3)4)31(5)37(48)40(9,50)38(49)41-25-34(45)42-32(27-44)28-54-57(11,12)39(6,7)8/h30-33,44,50H,13-29H2,1-12H3,(H,41,49)(H,42,45)/t31-,32-,33-,40?/m1/s1. The molecule has 0 fully saturated rings. The maximum atomic E-state index is 13.7. The summed E-state index contributed by atoms with van der Waals surface area (Å²) >= 11 is 0. The van der Waals surface area contributed by atoms with E-state index in [2.05, 4.69) is 45.3 Å². The summed E-state index contributed by atoms with van der Waals surface area (Å²) < 4.78 is 35.1. The molecule has 0 saturated heterocycles.